The monoisotopic (exact) mass is 291 g/mol. The van der Waals surface area contributed by atoms with E-state index < -0.39 is 30.8 Å². The maximum atomic E-state index is 11.9. The molecule has 0 fully saturated rings. The molecule has 1 atom stereocenters. The SMILES string of the molecule is NC(=O)NC(C(=O)NOCC(F)(F)F)c1ccccc1. The van der Waals surface area contributed by atoms with Gasteiger partial charge in [-0.3, -0.25) is 9.63 Å². The average molecular weight is 291 g/mol. The molecule has 0 heterocycles. The number of nitrogens with one attached hydrogen (secondary N) is 2. The van der Waals surface area contributed by atoms with Crippen molar-refractivity contribution in [2.45, 2.75) is 12.2 Å². The van der Waals surface area contributed by atoms with Crippen LogP contribution in [0.5, 0.6) is 0 Å². The molecule has 0 aromatic heterocycles. The number of rotatable bonds is 5. The Bertz CT molecular complexity index is 465. The van der Waals surface area contributed by atoms with Crippen LogP contribution in [0.4, 0.5) is 18.0 Å². The highest BCUT2D eigenvalue weighted by Crippen LogP contribution is 2.15. The van der Waals surface area contributed by atoms with Crippen molar-refractivity contribution in [2.24, 2.45) is 5.73 Å². The number of halogens is 3. The van der Waals surface area contributed by atoms with Crippen molar-refractivity contribution in [2.75, 3.05) is 6.61 Å². The Hall–Kier alpha value is -2.29. The van der Waals surface area contributed by atoms with Crippen molar-refractivity contribution in [3.8, 4) is 0 Å². The van der Waals surface area contributed by atoms with Gasteiger partial charge in [0.05, 0.1) is 0 Å². The van der Waals surface area contributed by atoms with Gasteiger partial charge in [-0.05, 0) is 5.56 Å². The molecular weight excluding hydrogens is 279 g/mol. The molecule has 0 aliphatic heterocycles. The first-order chi connectivity index (χ1) is 9.29. The van der Waals surface area contributed by atoms with E-state index in [1.807, 2.05) is 0 Å². The van der Waals surface area contributed by atoms with Crippen LogP contribution in [-0.2, 0) is 9.63 Å². The van der Waals surface area contributed by atoms with Crippen LogP contribution in [0.15, 0.2) is 30.3 Å². The number of alkyl halides is 3. The van der Waals surface area contributed by atoms with Gasteiger partial charge in [-0.25, -0.2) is 10.3 Å². The van der Waals surface area contributed by atoms with Crippen molar-refractivity contribution in [1.82, 2.24) is 10.8 Å². The average Bonchev–Trinajstić information content (AvgIpc) is 2.35. The molecule has 3 amide bonds. The summed E-state index contributed by atoms with van der Waals surface area (Å²) in [6.45, 7) is -1.64. The first-order valence-corrected chi connectivity index (χ1v) is 5.39. The highest BCUT2D eigenvalue weighted by Gasteiger charge is 2.29. The van der Waals surface area contributed by atoms with E-state index in [1.165, 1.54) is 12.1 Å². The van der Waals surface area contributed by atoms with Gasteiger partial charge in [0.2, 0.25) is 0 Å². The van der Waals surface area contributed by atoms with Crippen molar-refractivity contribution in [3.63, 3.8) is 0 Å². The van der Waals surface area contributed by atoms with Crippen LogP contribution in [0.2, 0.25) is 0 Å². The largest absolute Gasteiger partial charge is 0.414 e. The molecule has 0 aliphatic rings. The van der Waals surface area contributed by atoms with Gasteiger partial charge >= 0.3 is 12.2 Å². The highest BCUT2D eigenvalue weighted by molar-refractivity contribution is 5.87. The molecule has 9 heteroatoms. The van der Waals surface area contributed by atoms with Crippen LogP contribution in [0.25, 0.3) is 0 Å². The second-order valence-electron chi connectivity index (χ2n) is 3.72. The molecular formula is C11H12F3N3O3. The first-order valence-electron chi connectivity index (χ1n) is 5.39. The van der Waals surface area contributed by atoms with Gasteiger partial charge in [0, 0.05) is 0 Å². The van der Waals surface area contributed by atoms with Crippen LogP contribution in [-0.4, -0.2) is 24.7 Å². The van der Waals surface area contributed by atoms with Crippen molar-refractivity contribution >= 4 is 11.9 Å². The van der Waals surface area contributed by atoms with E-state index in [9.17, 15) is 22.8 Å². The number of hydrogen-bond donors (Lipinski definition) is 3. The van der Waals surface area contributed by atoms with E-state index in [2.05, 4.69) is 10.2 Å². The second-order valence-corrected chi connectivity index (χ2v) is 3.72. The fourth-order valence-electron chi connectivity index (χ4n) is 1.34. The number of hydroxylamine groups is 1. The number of carbonyl (C=O) groups is 2. The number of carbonyl (C=O) groups excluding carboxylic acids is 2. The molecule has 0 saturated heterocycles. The lowest BCUT2D eigenvalue weighted by molar-refractivity contribution is -0.192. The van der Waals surface area contributed by atoms with Crippen LogP contribution in [0.3, 0.4) is 0 Å². The molecule has 0 radical (unpaired) electrons. The number of benzene rings is 1. The first kappa shape index (κ1) is 15.8. The smallest absolute Gasteiger partial charge is 0.352 e. The minimum absolute atomic E-state index is 0.347. The van der Waals surface area contributed by atoms with Gasteiger partial charge in [0.15, 0.2) is 6.61 Å². The van der Waals surface area contributed by atoms with E-state index in [0.29, 0.717) is 5.56 Å². The maximum absolute atomic E-state index is 11.9. The lowest BCUT2D eigenvalue weighted by atomic mass is 10.1. The second kappa shape index (κ2) is 6.75. The van der Waals surface area contributed by atoms with E-state index in [4.69, 9.17) is 5.73 Å². The Labute approximate surface area is 112 Å². The van der Waals surface area contributed by atoms with Crippen LogP contribution in [0, 0.1) is 0 Å². The molecule has 1 aromatic carbocycles. The van der Waals surface area contributed by atoms with Gasteiger partial charge in [-0.15, -0.1) is 0 Å². The summed E-state index contributed by atoms with van der Waals surface area (Å²) in [6, 6.07) is 5.62. The standard InChI is InChI=1S/C11H12F3N3O3/c12-11(13,14)6-20-17-9(18)8(16-10(15)19)7-4-2-1-3-5-7/h1-5,8H,6H2,(H,17,18)(H3,15,16,19). The maximum Gasteiger partial charge on any atom is 0.414 e. The van der Waals surface area contributed by atoms with E-state index in [1.54, 1.807) is 23.7 Å². The summed E-state index contributed by atoms with van der Waals surface area (Å²) in [5.41, 5.74) is 6.88. The molecule has 6 nitrogen and oxygen atoms in total. The van der Waals surface area contributed by atoms with Crippen LogP contribution in [0.1, 0.15) is 11.6 Å². The molecule has 110 valence electrons. The Morgan fingerprint density at radius 3 is 2.35 bits per heavy atom. The number of amides is 3. The van der Waals surface area contributed by atoms with Crippen molar-refractivity contribution in [1.29, 1.82) is 0 Å². The topological polar surface area (TPSA) is 93.5 Å². The third-order valence-corrected chi connectivity index (χ3v) is 2.09. The Morgan fingerprint density at radius 1 is 1.25 bits per heavy atom. The summed E-state index contributed by atoms with van der Waals surface area (Å²) < 4.78 is 35.6. The lowest BCUT2D eigenvalue weighted by Gasteiger charge is -2.17. The molecule has 0 spiro atoms. The molecule has 20 heavy (non-hydrogen) atoms. The van der Waals surface area contributed by atoms with E-state index >= 15 is 0 Å². The minimum atomic E-state index is -4.58. The van der Waals surface area contributed by atoms with Gasteiger partial charge < -0.3 is 11.1 Å². The summed E-state index contributed by atoms with van der Waals surface area (Å²) in [5, 5.41) is 2.11. The Balaban J connectivity index is 2.69. The predicted octanol–water partition coefficient (Wildman–Crippen LogP) is 1.01. The number of nitrogens with two attached hydrogens (primary N) is 1. The Morgan fingerprint density at radius 2 is 1.85 bits per heavy atom. The molecule has 4 N–H and O–H groups in total. The van der Waals surface area contributed by atoms with Gasteiger partial charge in [0.25, 0.3) is 5.91 Å². The zero-order chi connectivity index (χ0) is 15.2. The van der Waals surface area contributed by atoms with Gasteiger partial charge in [-0.1, -0.05) is 30.3 Å². The summed E-state index contributed by atoms with van der Waals surface area (Å²) >= 11 is 0. The zero-order valence-electron chi connectivity index (χ0n) is 10.1. The van der Waals surface area contributed by atoms with E-state index in [-0.39, 0.29) is 0 Å². The molecule has 1 unspecified atom stereocenters. The zero-order valence-corrected chi connectivity index (χ0v) is 10.1. The van der Waals surface area contributed by atoms with Crippen molar-refractivity contribution < 1.29 is 27.6 Å². The van der Waals surface area contributed by atoms with Crippen LogP contribution < -0.4 is 16.5 Å². The van der Waals surface area contributed by atoms with Gasteiger partial charge in [0.1, 0.15) is 6.04 Å². The number of urea groups is 1. The fraction of sp³-hybridized carbons (Fsp3) is 0.273. The van der Waals surface area contributed by atoms with Gasteiger partial charge in [-0.2, -0.15) is 13.2 Å². The predicted molar refractivity (Wildman–Crippen MR) is 62.1 cm³/mol. The third-order valence-electron chi connectivity index (χ3n) is 2.09. The highest BCUT2D eigenvalue weighted by atomic mass is 19.4. The normalized spacial score (nSPS) is 12.6. The molecule has 0 aliphatic carbocycles. The summed E-state index contributed by atoms with van der Waals surface area (Å²) in [6.07, 6.45) is -4.58. The third kappa shape index (κ3) is 5.57. The molecule has 1 aromatic rings. The van der Waals surface area contributed by atoms with E-state index in [0.717, 1.165) is 0 Å². The number of hydrogen-bond acceptors (Lipinski definition) is 3. The summed E-state index contributed by atoms with van der Waals surface area (Å²) in [7, 11) is 0. The quantitative estimate of drug-likeness (QED) is 0.707. The Kier molecular flexibility index (Phi) is 5.32. The molecule has 0 bridgehead atoms. The lowest BCUT2D eigenvalue weighted by Crippen LogP contribution is -2.43. The van der Waals surface area contributed by atoms with Crippen molar-refractivity contribution in [3.05, 3.63) is 35.9 Å². The summed E-state index contributed by atoms with van der Waals surface area (Å²) in [5.74, 6) is -0.973. The number of primary amides is 1. The molecule has 1 rings (SSSR count). The van der Waals surface area contributed by atoms with Crippen LogP contribution >= 0.6 is 0 Å². The fourth-order valence-corrected chi connectivity index (χ4v) is 1.34. The molecule has 0 saturated carbocycles. The minimum Gasteiger partial charge on any atom is -0.352 e. The summed E-state index contributed by atoms with van der Waals surface area (Å²) in [4.78, 5) is 26.5.